The number of nitrogens with zero attached hydrogens (tertiary/aromatic N) is 5. The molecule has 0 aliphatic heterocycles. The van der Waals surface area contributed by atoms with Crippen molar-refractivity contribution in [2.45, 2.75) is 13.3 Å². The maximum atomic E-state index is 6.26. The van der Waals surface area contributed by atoms with Gasteiger partial charge in [0.1, 0.15) is 15.9 Å². The van der Waals surface area contributed by atoms with Crippen molar-refractivity contribution in [3.8, 4) is 16.6 Å². The van der Waals surface area contributed by atoms with E-state index in [4.69, 9.17) is 16.4 Å². The molecule has 0 amide bonds. The number of hydrogen-bond acceptors (Lipinski definition) is 7. The second kappa shape index (κ2) is 7.26. The first-order valence-corrected chi connectivity index (χ1v) is 8.05. The van der Waals surface area contributed by atoms with Gasteiger partial charge in [-0.25, -0.2) is 15.0 Å². The van der Waals surface area contributed by atoms with Gasteiger partial charge in [0.25, 0.3) is 0 Å². The molecule has 0 radical (unpaired) electrons. The highest BCUT2D eigenvalue weighted by Crippen LogP contribution is 2.31. The van der Waals surface area contributed by atoms with Crippen LogP contribution >= 0.6 is 22.9 Å². The molecule has 8 heteroatoms. The van der Waals surface area contributed by atoms with Crippen LogP contribution in [0.4, 0.5) is 0 Å². The molecule has 0 aliphatic rings. The SMILES string of the molecule is CC/C(=N\Oc1ncccn1)c1sc(-c2cccnc2)nc1Cl. The van der Waals surface area contributed by atoms with Gasteiger partial charge in [-0.05, 0) is 24.6 Å². The van der Waals surface area contributed by atoms with Crippen LogP contribution in [0.25, 0.3) is 10.6 Å². The number of halogens is 1. The molecule has 3 heterocycles. The van der Waals surface area contributed by atoms with Crippen LogP contribution in [0.1, 0.15) is 18.2 Å². The normalized spacial score (nSPS) is 11.5. The van der Waals surface area contributed by atoms with Gasteiger partial charge in [0.05, 0.1) is 4.88 Å². The Morgan fingerprint density at radius 1 is 1.26 bits per heavy atom. The molecule has 23 heavy (non-hydrogen) atoms. The highest BCUT2D eigenvalue weighted by Gasteiger charge is 2.16. The van der Waals surface area contributed by atoms with E-state index in [0.29, 0.717) is 17.3 Å². The maximum Gasteiger partial charge on any atom is 0.345 e. The van der Waals surface area contributed by atoms with Gasteiger partial charge in [-0.2, -0.15) is 0 Å². The fourth-order valence-electron chi connectivity index (χ4n) is 1.79. The van der Waals surface area contributed by atoms with Crippen LogP contribution in [0.15, 0.2) is 48.1 Å². The van der Waals surface area contributed by atoms with Crippen LogP contribution in [-0.2, 0) is 0 Å². The Morgan fingerprint density at radius 3 is 2.78 bits per heavy atom. The molecule has 3 aromatic rings. The quantitative estimate of drug-likeness (QED) is 0.519. The molecule has 0 saturated carbocycles. The molecule has 0 N–H and O–H groups in total. The Morgan fingerprint density at radius 2 is 2.09 bits per heavy atom. The smallest absolute Gasteiger partial charge is 0.315 e. The van der Waals surface area contributed by atoms with Gasteiger partial charge in [-0.1, -0.05) is 23.7 Å². The van der Waals surface area contributed by atoms with E-state index in [1.165, 1.54) is 11.3 Å². The lowest BCUT2D eigenvalue weighted by Crippen LogP contribution is -2.01. The molecule has 0 aromatic carbocycles. The van der Waals surface area contributed by atoms with Crippen molar-refractivity contribution in [1.29, 1.82) is 0 Å². The third-order valence-corrected chi connectivity index (χ3v) is 4.41. The summed E-state index contributed by atoms with van der Waals surface area (Å²) in [6.07, 6.45) is 7.27. The first-order valence-electron chi connectivity index (χ1n) is 6.86. The average Bonchev–Trinajstić information content (AvgIpc) is 2.99. The number of rotatable bonds is 5. The van der Waals surface area contributed by atoms with Gasteiger partial charge in [0.2, 0.25) is 0 Å². The van der Waals surface area contributed by atoms with Gasteiger partial charge in [-0.3, -0.25) is 4.98 Å². The molecule has 0 unspecified atom stereocenters. The lowest BCUT2D eigenvalue weighted by molar-refractivity contribution is 0.312. The third-order valence-electron chi connectivity index (χ3n) is 2.87. The molecule has 3 rings (SSSR count). The van der Waals surface area contributed by atoms with Crippen molar-refractivity contribution in [3.05, 3.63) is 53.0 Å². The number of oxime groups is 1. The zero-order chi connectivity index (χ0) is 16.1. The zero-order valence-corrected chi connectivity index (χ0v) is 13.8. The van der Waals surface area contributed by atoms with E-state index in [1.54, 1.807) is 30.9 Å². The monoisotopic (exact) mass is 345 g/mol. The maximum absolute atomic E-state index is 6.26. The molecule has 0 aliphatic carbocycles. The first-order chi connectivity index (χ1) is 11.3. The summed E-state index contributed by atoms with van der Waals surface area (Å²) in [4.78, 5) is 22.4. The van der Waals surface area contributed by atoms with Crippen molar-refractivity contribution in [3.63, 3.8) is 0 Å². The Kier molecular flexibility index (Phi) is 4.89. The van der Waals surface area contributed by atoms with Crippen molar-refractivity contribution in [2.24, 2.45) is 5.16 Å². The summed E-state index contributed by atoms with van der Waals surface area (Å²) in [6, 6.07) is 5.68. The lowest BCUT2D eigenvalue weighted by atomic mass is 10.3. The Bertz CT molecular complexity index is 807. The van der Waals surface area contributed by atoms with Crippen LogP contribution in [0.5, 0.6) is 6.01 Å². The molecule has 6 nitrogen and oxygen atoms in total. The summed E-state index contributed by atoms with van der Waals surface area (Å²) in [5, 5.41) is 5.30. The second-order valence-electron chi connectivity index (χ2n) is 4.39. The summed E-state index contributed by atoms with van der Waals surface area (Å²) in [5.74, 6) is 0. The van der Waals surface area contributed by atoms with Crippen LogP contribution in [0.2, 0.25) is 5.15 Å². The summed E-state index contributed by atoms with van der Waals surface area (Å²) in [5.41, 5.74) is 1.60. The van der Waals surface area contributed by atoms with Gasteiger partial charge in [0, 0.05) is 30.4 Å². The molecule has 3 aromatic heterocycles. The predicted octanol–water partition coefficient (Wildman–Crippen LogP) is 3.84. The predicted molar refractivity (Wildman–Crippen MR) is 89.8 cm³/mol. The molecule has 0 bridgehead atoms. The van der Waals surface area contributed by atoms with Crippen LogP contribution in [0, 0.1) is 0 Å². The van der Waals surface area contributed by atoms with Gasteiger partial charge < -0.3 is 4.84 Å². The topological polar surface area (TPSA) is 73.2 Å². The fourth-order valence-corrected chi connectivity index (χ4v) is 3.14. The minimum absolute atomic E-state index is 0.187. The van der Waals surface area contributed by atoms with Crippen molar-refractivity contribution >= 4 is 28.6 Å². The van der Waals surface area contributed by atoms with E-state index < -0.39 is 0 Å². The summed E-state index contributed by atoms with van der Waals surface area (Å²) < 4.78 is 0. The third kappa shape index (κ3) is 3.69. The average molecular weight is 346 g/mol. The number of pyridine rings is 1. The largest absolute Gasteiger partial charge is 0.345 e. The van der Waals surface area contributed by atoms with Gasteiger partial charge in [-0.15, -0.1) is 11.3 Å². The Hall–Kier alpha value is -2.38. The number of aromatic nitrogens is 4. The standard InChI is InChI=1S/C15H12ClN5OS/c1-2-11(21-22-15-18-7-4-8-19-15)12-13(16)20-14(23-12)10-5-3-6-17-9-10/h3-9H,2H2,1H3/b21-11+. The molecule has 0 spiro atoms. The summed E-state index contributed by atoms with van der Waals surface area (Å²) in [6.45, 7) is 1.97. The highest BCUT2D eigenvalue weighted by molar-refractivity contribution is 7.17. The molecule has 0 saturated heterocycles. The summed E-state index contributed by atoms with van der Waals surface area (Å²) in [7, 11) is 0. The molecule has 0 fully saturated rings. The van der Waals surface area contributed by atoms with E-state index in [2.05, 4.69) is 25.1 Å². The summed E-state index contributed by atoms with van der Waals surface area (Å²) >= 11 is 7.71. The Labute approximate surface area is 141 Å². The van der Waals surface area contributed by atoms with Crippen molar-refractivity contribution in [1.82, 2.24) is 19.9 Å². The molecule has 0 atom stereocenters. The number of thiazole rings is 1. The van der Waals surface area contributed by atoms with Crippen LogP contribution < -0.4 is 4.84 Å². The fraction of sp³-hybridized carbons (Fsp3) is 0.133. The van der Waals surface area contributed by atoms with Crippen molar-refractivity contribution < 1.29 is 4.84 Å². The minimum atomic E-state index is 0.187. The second-order valence-corrected chi connectivity index (χ2v) is 5.75. The van der Waals surface area contributed by atoms with E-state index in [0.717, 1.165) is 15.4 Å². The number of hydrogen-bond donors (Lipinski definition) is 0. The van der Waals surface area contributed by atoms with Crippen LogP contribution in [-0.4, -0.2) is 25.6 Å². The molecular formula is C15H12ClN5OS. The van der Waals surface area contributed by atoms with Gasteiger partial charge >= 0.3 is 6.01 Å². The van der Waals surface area contributed by atoms with Crippen molar-refractivity contribution in [2.75, 3.05) is 0 Å². The molecular weight excluding hydrogens is 334 g/mol. The van der Waals surface area contributed by atoms with E-state index in [9.17, 15) is 0 Å². The van der Waals surface area contributed by atoms with Crippen LogP contribution in [0.3, 0.4) is 0 Å². The first kappa shape index (κ1) is 15.5. The minimum Gasteiger partial charge on any atom is -0.315 e. The van der Waals surface area contributed by atoms with E-state index >= 15 is 0 Å². The van der Waals surface area contributed by atoms with Gasteiger partial charge in [0.15, 0.2) is 0 Å². The molecule has 116 valence electrons. The van der Waals surface area contributed by atoms with E-state index in [-0.39, 0.29) is 6.01 Å². The lowest BCUT2D eigenvalue weighted by Gasteiger charge is -2.00. The zero-order valence-electron chi connectivity index (χ0n) is 12.2. The van der Waals surface area contributed by atoms with E-state index in [1.807, 2.05) is 19.1 Å². The Balaban J connectivity index is 1.88. The highest BCUT2D eigenvalue weighted by atomic mass is 35.5.